The lowest BCUT2D eigenvalue weighted by Gasteiger charge is -2.16. The molecule has 0 amide bonds. The first-order valence-corrected chi connectivity index (χ1v) is 4.47. The summed E-state index contributed by atoms with van der Waals surface area (Å²) >= 11 is 5.56. The van der Waals surface area contributed by atoms with Gasteiger partial charge in [0.25, 0.3) is 0 Å². The standard InChI is InChI=1S/C9H9ClF3NO/c10-5-1-2-7(9(11,12)13)6(3-5)8(14)4-15/h1-3,8,15H,4,14H2/t8-/m1/s1. The third kappa shape index (κ3) is 2.84. The summed E-state index contributed by atoms with van der Waals surface area (Å²) < 4.78 is 37.5. The van der Waals surface area contributed by atoms with Gasteiger partial charge >= 0.3 is 6.18 Å². The number of aliphatic hydroxyl groups excluding tert-OH is 1. The van der Waals surface area contributed by atoms with E-state index in [9.17, 15) is 13.2 Å². The molecule has 0 radical (unpaired) electrons. The summed E-state index contributed by atoms with van der Waals surface area (Å²) in [6, 6.07) is 2.02. The summed E-state index contributed by atoms with van der Waals surface area (Å²) in [5, 5.41) is 8.89. The van der Waals surface area contributed by atoms with Crippen LogP contribution in [0.2, 0.25) is 5.02 Å². The second-order valence-corrected chi connectivity index (χ2v) is 3.45. The lowest BCUT2D eigenvalue weighted by Crippen LogP contribution is -2.20. The molecule has 1 atom stereocenters. The Balaban J connectivity index is 3.27. The van der Waals surface area contributed by atoms with Crippen LogP contribution in [0.4, 0.5) is 13.2 Å². The van der Waals surface area contributed by atoms with Gasteiger partial charge in [-0.1, -0.05) is 11.6 Å². The summed E-state index contributed by atoms with van der Waals surface area (Å²) in [5.41, 5.74) is 4.29. The molecule has 84 valence electrons. The highest BCUT2D eigenvalue weighted by Crippen LogP contribution is 2.35. The molecule has 0 saturated heterocycles. The molecular formula is C9H9ClF3NO. The van der Waals surface area contributed by atoms with E-state index in [1.54, 1.807) is 0 Å². The first-order valence-electron chi connectivity index (χ1n) is 4.09. The average Bonchev–Trinajstić information content (AvgIpc) is 2.14. The van der Waals surface area contributed by atoms with Gasteiger partial charge in [-0.05, 0) is 23.8 Å². The van der Waals surface area contributed by atoms with Gasteiger partial charge in [0.15, 0.2) is 0 Å². The summed E-state index contributed by atoms with van der Waals surface area (Å²) in [4.78, 5) is 0. The Labute approximate surface area is 89.5 Å². The lowest BCUT2D eigenvalue weighted by molar-refractivity contribution is -0.138. The number of rotatable bonds is 2. The highest BCUT2D eigenvalue weighted by molar-refractivity contribution is 6.30. The van der Waals surface area contributed by atoms with Gasteiger partial charge in [0.05, 0.1) is 18.2 Å². The third-order valence-electron chi connectivity index (χ3n) is 1.92. The number of hydrogen-bond acceptors (Lipinski definition) is 2. The maximum atomic E-state index is 12.5. The van der Waals surface area contributed by atoms with Crippen LogP contribution in [-0.2, 0) is 6.18 Å². The third-order valence-corrected chi connectivity index (χ3v) is 2.15. The van der Waals surface area contributed by atoms with E-state index in [-0.39, 0.29) is 10.6 Å². The Morgan fingerprint density at radius 3 is 2.47 bits per heavy atom. The van der Waals surface area contributed by atoms with Gasteiger partial charge in [-0.3, -0.25) is 0 Å². The molecule has 1 aromatic carbocycles. The van der Waals surface area contributed by atoms with Crippen molar-refractivity contribution in [1.29, 1.82) is 0 Å². The zero-order valence-corrected chi connectivity index (χ0v) is 8.31. The summed E-state index contributed by atoms with van der Waals surface area (Å²) in [7, 11) is 0. The van der Waals surface area contributed by atoms with Crippen molar-refractivity contribution >= 4 is 11.6 Å². The zero-order valence-electron chi connectivity index (χ0n) is 7.55. The number of nitrogens with two attached hydrogens (primary N) is 1. The summed E-state index contributed by atoms with van der Waals surface area (Å²) in [5.74, 6) is 0. The van der Waals surface area contributed by atoms with Gasteiger partial charge in [-0.2, -0.15) is 13.2 Å². The van der Waals surface area contributed by atoms with Crippen LogP contribution in [0.3, 0.4) is 0 Å². The van der Waals surface area contributed by atoms with Gasteiger partial charge in [-0.25, -0.2) is 0 Å². The average molecular weight is 240 g/mol. The summed E-state index contributed by atoms with van der Waals surface area (Å²) in [6.07, 6.45) is -4.49. The predicted octanol–water partition coefficient (Wildman–Crippen LogP) is 2.35. The molecular weight excluding hydrogens is 231 g/mol. The van der Waals surface area contributed by atoms with Crippen molar-refractivity contribution < 1.29 is 18.3 Å². The Morgan fingerprint density at radius 1 is 1.40 bits per heavy atom. The first-order chi connectivity index (χ1) is 6.86. The van der Waals surface area contributed by atoms with Crippen molar-refractivity contribution in [3.05, 3.63) is 34.3 Å². The Morgan fingerprint density at radius 2 is 2.00 bits per heavy atom. The van der Waals surface area contributed by atoms with Crippen molar-refractivity contribution in [2.24, 2.45) is 5.73 Å². The Kier molecular flexibility index (Phi) is 3.59. The van der Waals surface area contributed by atoms with Crippen LogP contribution in [0.5, 0.6) is 0 Å². The zero-order chi connectivity index (χ0) is 11.6. The number of hydrogen-bond donors (Lipinski definition) is 2. The molecule has 0 unspecified atom stereocenters. The minimum atomic E-state index is -4.49. The van der Waals surface area contributed by atoms with E-state index in [2.05, 4.69) is 0 Å². The molecule has 0 saturated carbocycles. The van der Waals surface area contributed by atoms with E-state index in [4.69, 9.17) is 22.4 Å². The second-order valence-electron chi connectivity index (χ2n) is 3.02. The van der Waals surface area contributed by atoms with E-state index in [0.717, 1.165) is 18.2 Å². The molecule has 3 N–H and O–H groups in total. The number of aliphatic hydroxyl groups is 1. The molecule has 1 rings (SSSR count). The summed E-state index contributed by atoms with van der Waals surface area (Å²) in [6.45, 7) is -0.566. The molecule has 0 heterocycles. The van der Waals surface area contributed by atoms with E-state index in [1.165, 1.54) is 0 Å². The Hall–Kier alpha value is -0.780. The van der Waals surface area contributed by atoms with E-state index in [1.807, 2.05) is 0 Å². The van der Waals surface area contributed by atoms with Gasteiger partial charge in [0, 0.05) is 5.02 Å². The fraction of sp³-hybridized carbons (Fsp3) is 0.333. The van der Waals surface area contributed by atoms with Crippen LogP contribution in [0, 0.1) is 0 Å². The van der Waals surface area contributed by atoms with Crippen LogP contribution in [0.25, 0.3) is 0 Å². The van der Waals surface area contributed by atoms with Crippen LogP contribution in [0.15, 0.2) is 18.2 Å². The van der Waals surface area contributed by atoms with Crippen molar-refractivity contribution in [1.82, 2.24) is 0 Å². The topological polar surface area (TPSA) is 46.2 Å². The molecule has 0 bridgehead atoms. The number of halogens is 4. The number of benzene rings is 1. The molecule has 0 spiro atoms. The first kappa shape index (κ1) is 12.3. The van der Waals surface area contributed by atoms with Gasteiger partial charge in [0.2, 0.25) is 0 Å². The Bertz CT molecular complexity index is 354. The van der Waals surface area contributed by atoms with Crippen LogP contribution in [-0.4, -0.2) is 11.7 Å². The maximum Gasteiger partial charge on any atom is 0.416 e. The minimum Gasteiger partial charge on any atom is -0.394 e. The van der Waals surface area contributed by atoms with Crippen LogP contribution >= 0.6 is 11.6 Å². The maximum absolute atomic E-state index is 12.5. The minimum absolute atomic E-state index is 0.155. The molecule has 0 aromatic heterocycles. The van der Waals surface area contributed by atoms with Gasteiger partial charge in [-0.15, -0.1) is 0 Å². The SMILES string of the molecule is N[C@H](CO)c1cc(Cl)ccc1C(F)(F)F. The fourth-order valence-corrected chi connectivity index (χ4v) is 1.38. The molecule has 6 heteroatoms. The highest BCUT2D eigenvalue weighted by atomic mass is 35.5. The molecule has 0 aliphatic rings. The quantitative estimate of drug-likeness (QED) is 0.832. The van der Waals surface area contributed by atoms with Gasteiger partial charge in [0.1, 0.15) is 0 Å². The van der Waals surface area contributed by atoms with E-state index >= 15 is 0 Å². The molecule has 0 fully saturated rings. The van der Waals surface area contributed by atoms with Crippen molar-refractivity contribution in [2.45, 2.75) is 12.2 Å². The predicted molar refractivity (Wildman–Crippen MR) is 50.5 cm³/mol. The molecule has 15 heavy (non-hydrogen) atoms. The highest BCUT2D eigenvalue weighted by Gasteiger charge is 2.34. The fourth-order valence-electron chi connectivity index (χ4n) is 1.20. The second kappa shape index (κ2) is 4.38. The number of alkyl halides is 3. The normalized spacial score (nSPS) is 14.0. The lowest BCUT2D eigenvalue weighted by atomic mass is 10.0. The molecule has 0 aliphatic heterocycles. The largest absolute Gasteiger partial charge is 0.416 e. The molecule has 1 aromatic rings. The van der Waals surface area contributed by atoms with Crippen molar-refractivity contribution in [2.75, 3.05) is 6.61 Å². The monoisotopic (exact) mass is 239 g/mol. The molecule has 2 nitrogen and oxygen atoms in total. The van der Waals surface area contributed by atoms with Crippen LogP contribution < -0.4 is 5.73 Å². The van der Waals surface area contributed by atoms with E-state index in [0.29, 0.717) is 0 Å². The van der Waals surface area contributed by atoms with Gasteiger partial charge < -0.3 is 10.8 Å². The smallest absolute Gasteiger partial charge is 0.394 e. The van der Waals surface area contributed by atoms with E-state index < -0.39 is 24.4 Å². The van der Waals surface area contributed by atoms with Crippen molar-refractivity contribution in [3.8, 4) is 0 Å². The van der Waals surface area contributed by atoms with Crippen molar-refractivity contribution in [3.63, 3.8) is 0 Å². The van der Waals surface area contributed by atoms with Crippen LogP contribution in [0.1, 0.15) is 17.2 Å². The molecule has 0 aliphatic carbocycles.